The number of rotatable bonds is 1. The van der Waals surface area contributed by atoms with Gasteiger partial charge in [0.05, 0.1) is 4.47 Å². The van der Waals surface area contributed by atoms with Crippen molar-refractivity contribution in [3.8, 4) is 0 Å². The maximum Gasteiger partial charge on any atom is 0.151 e. The third kappa shape index (κ3) is 3.85. The summed E-state index contributed by atoms with van der Waals surface area (Å²) in [6, 6.07) is 2.55. The zero-order valence-corrected chi connectivity index (χ0v) is 9.47. The Labute approximate surface area is 90.2 Å². The first-order valence-electron chi connectivity index (χ1n) is 3.66. The molecule has 14 heavy (non-hydrogen) atoms. The van der Waals surface area contributed by atoms with E-state index in [9.17, 15) is 9.18 Å². The summed E-state index contributed by atoms with van der Waals surface area (Å²) in [4.78, 5) is 10.3. The Morgan fingerprint density at radius 2 is 2.00 bits per heavy atom. The van der Waals surface area contributed by atoms with Crippen molar-refractivity contribution in [2.45, 2.75) is 0 Å². The molecule has 1 aromatic rings. The molecular formula is C9H11BrFNO2. The smallest absolute Gasteiger partial charge is 0.151 e. The Hall–Kier alpha value is -0.940. The van der Waals surface area contributed by atoms with Crippen LogP contribution in [0.1, 0.15) is 10.4 Å². The molecule has 0 aliphatic heterocycles. The fourth-order valence-electron chi connectivity index (χ4n) is 0.718. The van der Waals surface area contributed by atoms with E-state index in [-0.39, 0.29) is 15.7 Å². The van der Waals surface area contributed by atoms with Gasteiger partial charge in [-0.1, -0.05) is 0 Å². The van der Waals surface area contributed by atoms with Gasteiger partial charge < -0.3 is 10.5 Å². The third-order valence-corrected chi connectivity index (χ3v) is 2.04. The van der Waals surface area contributed by atoms with Gasteiger partial charge in [0.1, 0.15) is 5.82 Å². The number of aldehydes is 1. The lowest BCUT2D eigenvalue weighted by Gasteiger charge is -1.99. The number of nitrogen functional groups attached to an aromatic ring is 1. The van der Waals surface area contributed by atoms with Crippen molar-refractivity contribution < 1.29 is 13.9 Å². The van der Waals surface area contributed by atoms with E-state index in [2.05, 4.69) is 20.7 Å². The van der Waals surface area contributed by atoms with E-state index in [1.807, 2.05) is 0 Å². The fourth-order valence-corrected chi connectivity index (χ4v) is 1.04. The lowest BCUT2D eigenvalue weighted by atomic mass is 10.2. The highest BCUT2D eigenvalue weighted by Gasteiger charge is 2.05. The third-order valence-electron chi connectivity index (χ3n) is 1.21. The summed E-state index contributed by atoms with van der Waals surface area (Å²) in [5, 5.41) is 0. The van der Waals surface area contributed by atoms with Crippen molar-refractivity contribution in [2.24, 2.45) is 0 Å². The van der Waals surface area contributed by atoms with Gasteiger partial charge >= 0.3 is 0 Å². The quantitative estimate of drug-likeness (QED) is 0.625. The van der Waals surface area contributed by atoms with Gasteiger partial charge in [-0.05, 0) is 28.1 Å². The number of ether oxygens (including phenoxy) is 1. The molecule has 0 heterocycles. The Bertz CT molecular complexity index is 318. The van der Waals surface area contributed by atoms with Crippen LogP contribution in [0.2, 0.25) is 0 Å². The molecule has 0 radical (unpaired) electrons. The van der Waals surface area contributed by atoms with Crippen LogP contribution in [0.3, 0.4) is 0 Å². The average molecular weight is 264 g/mol. The molecule has 1 aromatic carbocycles. The molecule has 3 nitrogen and oxygen atoms in total. The topological polar surface area (TPSA) is 52.3 Å². The fraction of sp³-hybridized carbons (Fsp3) is 0.222. The zero-order chi connectivity index (χ0) is 11.1. The minimum absolute atomic E-state index is 0.154. The van der Waals surface area contributed by atoms with E-state index in [4.69, 9.17) is 5.73 Å². The summed E-state index contributed by atoms with van der Waals surface area (Å²) in [6.45, 7) is 0. The number of methoxy groups -OCH3 is 1. The Morgan fingerprint density at radius 1 is 1.50 bits per heavy atom. The summed E-state index contributed by atoms with van der Waals surface area (Å²) in [6.07, 6.45) is 0.545. The van der Waals surface area contributed by atoms with Crippen LogP contribution in [0.4, 0.5) is 10.1 Å². The molecule has 0 saturated heterocycles. The number of nitrogens with two attached hydrogens (primary N) is 1. The van der Waals surface area contributed by atoms with Crippen molar-refractivity contribution in [2.75, 3.05) is 20.0 Å². The van der Waals surface area contributed by atoms with Gasteiger partial charge in [-0.15, -0.1) is 0 Å². The number of hydrogen-bond acceptors (Lipinski definition) is 3. The van der Waals surface area contributed by atoms with Gasteiger partial charge in [0.2, 0.25) is 0 Å². The first kappa shape index (κ1) is 13.1. The largest absolute Gasteiger partial charge is 0.399 e. The Kier molecular flexibility index (Phi) is 6.07. The molecule has 0 unspecified atom stereocenters. The zero-order valence-electron chi connectivity index (χ0n) is 7.88. The van der Waals surface area contributed by atoms with E-state index >= 15 is 0 Å². The molecular weight excluding hydrogens is 253 g/mol. The van der Waals surface area contributed by atoms with Crippen LogP contribution in [-0.4, -0.2) is 20.5 Å². The van der Waals surface area contributed by atoms with Crippen LogP contribution >= 0.6 is 15.9 Å². The summed E-state index contributed by atoms with van der Waals surface area (Å²) in [5.41, 5.74) is 5.75. The van der Waals surface area contributed by atoms with Gasteiger partial charge in [-0.2, -0.15) is 0 Å². The molecule has 1 rings (SSSR count). The van der Waals surface area contributed by atoms with Crippen molar-refractivity contribution in [1.82, 2.24) is 0 Å². The standard InChI is InChI=1S/C7H5BrFNO.C2H6O/c8-7-4(3-11)1-5(10)2-6(7)9;1-3-2/h1-3H,10H2;1-2H3. The minimum Gasteiger partial charge on any atom is -0.399 e. The lowest BCUT2D eigenvalue weighted by molar-refractivity contribution is 0.112. The predicted molar refractivity (Wildman–Crippen MR) is 56.8 cm³/mol. The monoisotopic (exact) mass is 263 g/mol. The Morgan fingerprint density at radius 3 is 2.43 bits per heavy atom. The second kappa shape index (κ2) is 6.50. The second-order valence-electron chi connectivity index (χ2n) is 2.43. The number of hydrogen-bond donors (Lipinski definition) is 1. The normalized spacial score (nSPS) is 8.86. The van der Waals surface area contributed by atoms with Gasteiger partial charge in [0.25, 0.3) is 0 Å². The van der Waals surface area contributed by atoms with Crippen molar-refractivity contribution in [3.63, 3.8) is 0 Å². The summed E-state index contributed by atoms with van der Waals surface area (Å²) >= 11 is 2.91. The minimum atomic E-state index is -0.521. The van der Waals surface area contributed by atoms with Crippen molar-refractivity contribution >= 4 is 27.9 Å². The number of benzene rings is 1. The van der Waals surface area contributed by atoms with E-state index in [0.29, 0.717) is 6.29 Å². The molecule has 0 bridgehead atoms. The number of halogens is 2. The van der Waals surface area contributed by atoms with Crippen molar-refractivity contribution in [1.29, 1.82) is 0 Å². The molecule has 0 spiro atoms. The summed E-state index contributed by atoms with van der Waals surface area (Å²) in [7, 11) is 3.25. The number of carbonyl (C=O) groups is 1. The van der Waals surface area contributed by atoms with Crippen LogP contribution in [0.25, 0.3) is 0 Å². The average Bonchev–Trinajstić information content (AvgIpc) is 2.12. The maximum atomic E-state index is 12.7. The second-order valence-corrected chi connectivity index (χ2v) is 3.23. The van der Waals surface area contributed by atoms with Crippen molar-refractivity contribution in [3.05, 3.63) is 28.0 Å². The lowest BCUT2D eigenvalue weighted by Crippen LogP contribution is -1.92. The maximum absolute atomic E-state index is 12.7. The van der Waals surface area contributed by atoms with E-state index in [1.54, 1.807) is 14.2 Å². The number of anilines is 1. The molecule has 5 heteroatoms. The molecule has 0 fully saturated rings. The molecule has 78 valence electrons. The Balaban J connectivity index is 0.000000500. The first-order chi connectivity index (χ1) is 6.56. The van der Waals surface area contributed by atoms with Gasteiger partial charge in [-0.25, -0.2) is 4.39 Å². The SMILES string of the molecule is COC.Nc1cc(F)c(Br)c(C=O)c1. The van der Waals surface area contributed by atoms with Crippen LogP contribution in [0.15, 0.2) is 16.6 Å². The molecule has 0 aliphatic carbocycles. The summed E-state index contributed by atoms with van der Waals surface area (Å²) in [5.74, 6) is -0.521. The van der Waals surface area contributed by atoms with Crippen LogP contribution in [-0.2, 0) is 4.74 Å². The highest BCUT2D eigenvalue weighted by molar-refractivity contribution is 9.10. The molecule has 2 N–H and O–H groups in total. The molecule has 0 amide bonds. The predicted octanol–water partition coefficient (Wildman–Crippen LogP) is 2.25. The molecule has 0 saturated carbocycles. The first-order valence-corrected chi connectivity index (χ1v) is 4.46. The van der Waals surface area contributed by atoms with Gasteiger partial charge in [0, 0.05) is 25.5 Å². The van der Waals surface area contributed by atoms with Crippen LogP contribution < -0.4 is 5.73 Å². The van der Waals surface area contributed by atoms with Gasteiger partial charge in [0.15, 0.2) is 6.29 Å². The van der Waals surface area contributed by atoms with E-state index < -0.39 is 5.82 Å². The van der Waals surface area contributed by atoms with E-state index in [0.717, 1.165) is 6.07 Å². The summed E-state index contributed by atoms with van der Waals surface area (Å²) < 4.78 is 17.1. The molecule has 0 aromatic heterocycles. The van der Waals surface area contributed by atoms with E-state index in [1.165, 1.54) is 6.07 Å². The highest BCUT2D eigenvalue weighted by Crippen LogP contribution is 2.21. The van der Waals surface area contributed by atoms with Crippen LogP contribution in [0.5, 0.6) is 0 Å². The molecule has 0 atom stereocenters. The van der Waals surface area contributed by atoms with Crippen LogP contribution in [0, 0.1) is 5.82 Å². The molecule has 0 aliphatic rings. The number of carbonyl (C=O) groups excluding carboxylic acids is 1. The highest BCUT2D eigenvalue weighted by atomic mass is 79.9. The van der Waals surface area contributed by atoms with Gasteiger partial charge in [-0.3, -0.25) is 4.79 Å².